The van der Waals surface area contributed by atoms with E-state index in [0.717, 1.165) is 0 Å². The molecule has 0 N–H and O–H groups in total. The summed E-state index contributed by atoms with van der Waals surface area (Å²) in [6.45, 7) is 0. The van der Waals surface area contributed by atoms with Crippen molar-refractivity contribution in [2.45, 2.75) is 4.83 Å². The minimum Gasteiger partial charge on any atom is -0.146 e. The first kappa shape index (κ1) is 12.1. The minimum atomic E-state index is 0.278. The van der Waals surface area contributed by atoms with E-state index in [9.17, 15) is 0 Å². The SMILES string of the molecule is Brc1ccsc1C(Br)c1ccccc1I. The van der Waals surface area contributed by atoms with Crippen LogP contribution in [0.25, 0.3) is 0 Å². The van der Waals surface area contributed by atoms with E-state index < -0.39 is 0 Å². The van der Waals surface area contributed by atoms with E-state index >= 15 is 0 Å². The van der Waals surface area contributed by atoms with Crippen LogP contribution in [0.3, 0.4) is 0 Å². The molecule has 0 spiro atoms. The molecule has 78 valence electrons. The number of hydrogen-bond acceptors (Lipinski definition) is 1. The van der Waals surface area contributed by atoms with Gasteiger partial charge in [0.1, 0.15) is 0 Å². The number of halogens is 3. The maximum atomic E-state index is 3.75. The zero-order valence-electron chi connectivity index (χ0n) is 7.58. The third kappa shape index (κ3) is 2.65. The Morgan fingerprint density at radius 2 is 1.93 bits per heavy atom. The van der Waals surface area contributed by atoms with E-state index in [-0.39, 0.29) is 4.83 Å². The number of alkyl halides is 1. The van der Waals surface area contributed by atoms with Gasteiger partial charge >= 0.3 is 0 Å². The molecule has 0 bridgehead atoms. The van der Waals surface area contributed by atoms with Crippen molar-refractivity contribution in [1.29, 1.82) is 0 Å². The predicted octanol–water partition coefficient (Wildman–Crippen LogP) is 5.60. The molecule has 2 aromatic rings. The number of rotatable bonds is 2. The van der Waals surface area contributed by atoms with Gasteiger partial charge in [0.25, 0.3) is 0 Å². The van der Waals surface area contributed by atoms with E-state index in [1.165, 1.54) is 18.5 Å². The summed E-state index contributed by atoms with van der Waals surface area (Å²) in [5.74, 6) is 0. The largest absolute Gasteiger partial charge is 0.146 e. The van der Waals surface area contributed by atoms with Crippen LogP contribution in [-0.2, 0) is 0 Å². The van der Waals surface area contributed by atoms with Crippen LogP contribution in [0.4, 0.5) is 0 Å². The third-order valence-corrected chi connectivity index (χ3v) is 6.23. The van der Waals surface area contributed by atoms with E-state index in [0.29, 0.717) is 0 Å². The van der Waals surface area contributed by atoms with Crippen molar-refractivity contribution >= 4 is 65.8 Å². The van der Waals surface area contributed by atoms with E-state index in [4.69, 9.17) is 0 Å². The van der Waals surface area contributed by atoms with Gasteiger partial charge < -0.3 is 0 Å². The lowest BCUT2D eigenvalue weighted by atomic mass is 10.1. The van der Waals surface area contributed by atoms with Crippen LogP contribution in [0.5, 0.6) is 0 Å². The molecule has 0 saturated carbocycles. The Morgan fingerprint density at radius 1 is 1.20 bits per heavy atom. The number of thiophene rings is 1. The quantitative estimate of drug-likeness (QED) is 0.407. The normalized spacial score (nSPS) is 12.7. The summed E-state index contributed by atoms with van der Waals surface area (Å²) in [4.78, 5) is 1.60. The zero-order valence-corrected chi connectivity index (χ0v) is 13.7. The highest BCUT2D eigenvalue weighted by Gasteiger charge is 2.16. The Kier molecular flexibility index (Phi) is 4.26. The molecular weight excluding hydrogens is 451 g/mol. The van der Waals surface area contributed by atoms with Gasteiger partial charge in [0.05, 0.1) is 4.83 Å². The minimum absolute atomic E-state index is 0.278. The van der Waals surface area contributed by atoms with Crippen LogP contribution in [0, 0.1) is 3.57 Å². The van der Waals surface area contributed by atoms with Crippen molar-refractivity contribution in [3.8, 4) is 0 Å². The summed E-state index contributed by atoms with van der Waals surface area (Å²) in [6, 6.07) is 10.5. The summed E-state index contributed by atoms with van der Waals surface area (Å²) >= 11 is 11.5. The van der Waals surface area contributed by atoms with Crippen molar-refractivity contribution in [2.75, 3.05) is 0 Å². The van der Waals surface area contributed by atoms with Gasteiger partial charge in [-0.3, -0.25) is 0 Å². The Bertz CT molecular complexity index is 467. The lowest BCUT2D eigenvalue weighted by Gasteiger charge is -2.10. The summed E-state index contributed by atoms with van der Waals surface area (Å²) in [7, 11) is 0. The Labute approximate surface area is 123 Å². The summed E-state index contributed by atoms with van der Waals surface area (Å²) < 4.78 is 2.46. The standard InChI is InChI=1S/C11H7Br2IS/c12-8-5-6-15-11(8)10(13)7-3-1-2-4-9(7)14/h1-6,10H. The summed E-state index contributed by atoms with van der Waals surface area (Å²) in [6.07, 6.45) is 0. The monoisotopic (exact) mass is 456 g/mol. The first-order valence-corrected chi connectivity index (χ1v) is 7.98. The summed E-state index contributed by atoms with van der Waals surface area (Å²) in [5.41, 5.74) is 1.32. The molecule has 0 aliphatic rings. The van der Waals surface area contributed by atoms with Gasteiger partial charge in [0, 0.05) is 12.9 Å². The molecular formula is C11H7Br2IS. The van der Waals surface area contributed by atoms with Crippen molar-refractivity contribution in [3.63, 3.8) is 0 Å². The maximum absolute atomic E-state index is 3.75. The lowest BCUT2D eigenvalue weighted by Crippen LogP contribution is -1.93. The van der Waals surface area contributed by atoms with Crippen LogP contribution < -0.4 is 0 Å². The maximum Gasteiger partial charge on any atom is 0.0759 e. The zero-order chi connectivity index (χ0) is 10.8. The van der Waals surface area contributed by atoms with E-state index in [1.807, 2.05) is 0 Å². The fourth-order valence-electron chi connectivity index (χ4n) is 1.31. The fourth-order valence-corrected chi connectivity index (χ4v) is 5.31. The predicted molar refractivity (Wildman–Crippen MR) is 81.9 cm³/mol. The van der Waals surface area contributed by atoms with E-state index in [1.54, 1.807) is 11.3 Å². The topological polar surface area (TPSA) is 0 Å². The molecule has 1 heterocycles. The first-order valence-electron chi connectivity index (χ1n) is 4.31. The van der Waals surface area contributed by atoms with Crippen LogP contribution >= 0.6 is 65.8 Å². The number of benzene rings is 1. The molecule has 1 atom stereocenters. The molecule has 2 rings (SSSR count). The molecule has 1 aromatic carbocycles. The molecule has 0 nitrogen and oxygen atoms in total. The molecule has 15 heavy (non-hydrogen) atoms. The molecule has 4 heteroatoms. The smallest absolute Gasteiger partial charge is 0.0759 e. The molecule has 0 saturated heterocycles. The van der Waals surface area contributed by atoms with Gasteiger partial charge in [-0.05, 0) is 61.6 Å². The second-order valence-corrected chi connectivity index (χ2v) is 6.90. The Balaban J connectivity index is 2.41. The highest BCUT2D eigenvalue weighted by molar-refractivity contribution is 14.1. The van der Waals surface area contributed by atoms with Gasteiger partial charge in [-0.1, -0.05) is 34.1 Å². The van der Waals surface area contributed by atoms with Crippen molar-refractivity contribution < 1.29 is 0 Å². The average molecular weight is 458 g/mol. The van der Waals surface area contributed by atoms with Crippen molar-refractivity contribution in [1.82, 2.24) is 0 Å². The van der Waals surface area contributed by atoms with Crippen LogP contribution in [0.15, 0.2) is 40.2 Å². The fraction of sp³-hybridized carbons (Fsp3) is 0.0909. The molecule has 0 aliphatic carbocycles. The molecule has 0 amide bonds. The van der Waals surface area contributed by atoms with Crippen molar-refractivity contribution in [2.24, 2.45) is 0 Å². The second kappa shape index (κ2) is 5.29. The molecule has 1 aromatic heterocycles. The van der Waals surface area contributed by atoms with Gasteiger partial charge in [-0.2, -0.15) is 0 Å². The Morgan fingerprint density at radius 3 is 2.53 bits per heavy atom. The highest BCUT2D eigenvalue weighted by atomic mass is 127. The lowest BCUT2D eigenvalue weighted by molar-refractivity contribution is 1.20. The highest BCUT2D eigenvalue weighted by Crippen LogP contribution is 2.40. The van der Waals surface area contributed by atoms with E-state index in [2.05, 4.69) is 90.2 Å². The van der Waals surface area contributed by atoms with Gasteiger partial charge in [-0.15, -0.1) is 11.3 Å². The van der Waals surface area contributed by atoms with Gasteiger partial charge in [0.2, 0.25) is 0 Å². The third-order valence-electron chi connectivity index (χ3n) is 2.05. The first-order chi connectivity index (χ1) is 7.20. The molecule has 0 aliphatic heterocycles. The molecule has 0 radical (unpaired) electrons. The second-order valence-electron chi connectivity index (χ2n) is 3.02. The molecule has 0 fully saturated rings. The van der Waals surface area contributed by atoms with Crippen LogP contribution in [0.2, 0.25) is 0 Å². The van der Waals surface area contributed by atoms with Crippen LogP contribution in [0.1, 0.15) is 15.3 Å². The van der Waals surface area contributed by atoms with Crippen LogP contribution in [-0.4, -0.2) is 0 Å². The summed E-state index contributed by atoms with van der Waals surface area (Å²) in [5, 5.41) is 2.10. The van der Waals surface area contributed by atoms with Gasteiger partial charge in [-0.25, -0.2) is 0 Å². The molecule has 1 unspecified atom stereocenters. The average Bonchev–Trinajstić information content (AvgIpc) is 2.64. The van der Waals surface area contributed by atoms with Crippen molar-refractivity contribution in [3.05, 3.63) is 54.2 Å². The number of hydrogen-bond donors (Lipinski definition) is 0. The van der Waals surface area contributed by atoms with Gasteiger partial charge in [0.15, 0.2) is 0 Å². The Hall–Kier alpha value is 0.610.